The number of pyridine rings is 1. The Labute approximate surface area is 283 Å². The van der Waals surface area contributed by atoms with Gasteiger partial charge in [0, 0.05) is 73.7 Å². The maximum atomic E-state index is 11.4. The van der Waals surface area contributed by atoms with Crippen LogP contribution >= 0.6 is 23.2 Å². The summed E-state index contributed by atoms with van der Waals surface area (Å²) in [5, 5.41) is 10.4. The molecule has 4 aromatic rings. The molecule has 0 spiro atoms. The van der Waals surface area contributed by atoms with Crippen LogP contribution in [-0.4, -0.2) is 89.4 Å². The fraction of sp³-hybridized carbons (Fsp3) is 0.371. The summed E-state index contributed by atoms with van der Waals surface area (Å²) in [6, 6.07) is 13.8. The summed E-state index contributed by atoms with van der Waals surface area (Å²) in [6.07, 6.45) is 3.71. The minimum atomic E-state index is -0.746. The van der Waals surface area contributed by atoms with E-state index in [1.54, 1.807) is 27.5 Å². The lowest BCUT2D eigenvalue weighted by Crippen LogP contribution is -2.51. The van der Waals surface area contributed by atoms with E-state index < -0.39 is 5.97 Å². The van der Waals surface area contributed by atoms with Gasteiger partial charge in [0.15, 0.2) is 0 Å². The first-order chi connectivity index (χ1) is 22.8. The Morgan fingerprint density at radius 1 is 0.894 bits per heavy atom. The third-order valence-corrected chi connectivity index (χ3v) is 10.3. The number of carbonyl (C=O) groups is 1. The highest BCUT2D eigenvalue weighted by molar-refractivity contribution is 6.39. The lowest BCUT2D eigenvalue weighted by atomic mass is 9.95. The third kappa shape index (κ3) is 5.83. The molecule has 1 N–H and O–H groups in total. The molecule has 7 rings (SSSR count). The first-order valence-electron chi connectivity index (χ1n) is 15.6. The molecule has 2 fully saturated rings. The van der Waals surface area contributed by atoms with Gasteiger partial charge in [-0.25, -0.2) is 9.97 Å². The molecular weight excluding hydrogens is 641 g/mol. The van der Waals surface area contributed by atoms with Crippen LogP contribution in [0.2, 0.25) is 10.0 Å². The summed E-state index contributed by atoms with van der Waals surface area (Å²) in [4.78, 5) is 30.2. The van der Waals surface area contributed by atoms with E-state index in [9.17, 15) is 9.90 Å². The number of aryl methyl sites for hydroxylation is 1. The Bertz CT molecular complexity index is 1840. The van der Waals surface area contributed by atoms with Crippen molar-refractivity contribution in [1.29, 1.82) is 0 Å². The summed E-state index contributed by atoms with van der Waals surface area (Å²) >= 11 is 14.2. The number of likely N-dealkylation sites (tertiary alicyclic amines) is 2. The average molecular weight is 677 g/mol. The Morgan fingerprint density at radius 3 is 2.13 bits per heavy atom. The number of carboxylic acids is 1. The monoisotopic (exact) mass is 675 g/mol. The van der Waals surface area contributed by atoms with E-state index in [1.807, 2.05) is 36.4 Å². The van der Waals surface area contributed by atoms with E-state index in [4.69, 9.17) is 52.4 Å². The molecular formula is C35H35Cl2N5O5. The largest absolute Gasteiger partial charge is 0.481 e. The van der Waals surface area contributed by atoms with Gasteiger partial charge < -0.3 is 19.3 Å². The molecule has 244 valence electrons. The van der Waals surface area contributed by atoms with Gasteiger partial charge in [-0.1, -0.05) is 59.6 Å². The van der Waals surface area contributed by atoms with Crippen molar-refractivity contribution in [2.45, 2.75) is 31.5 Å². The van der Waals surface area contributed by atoms with Crippen molar-refractivity contribution in [1.82, 2.24) is 24.8 Å². The van der Waals surface area contributed by atoms with Crippen LogP contribution in [0.5, 0.6) is 11.8 Å². The average Bonchev–Trinajstić information content (AvgIpc) is 3.45. The number of halogens is 2. The number of ether oxygens (including phenoxy) is 3. The van der Waals surface area contributed by atoms with Gasteiger partial charge in [-0.05, 0) is 24.5 Å². The normalized spacial score (nSPS) is 18.4. The molecule has 1 atom stereocenters. The number of fused-ring (bicyclic) bond motifs is 1. The van der Waals surface area contributed by atoms with E-state index in [2.05, 4.69) is 15.9 Å². The molecule has 47 heavy (non-hydrogen) atoms. The molecule has 2 aromatic carbocycles. The fourth-order valence-corrected chi connectivity index (χ4v) is 7.50. The fourth-order valence-electron chi connectivity index (χ4n) is 6.85. The summed E-state index contributed by atoms with van der Waals surface area (Å²) in [7, 11) is 4.94. The van der Waals surface area contributed by atoms with Crippen LogP contribution in [0.4, 0.5) is 0 Å². The van der Waals surface area contributed by atoms with Gasteiger partial charge >= 0.3 is 5.97 Å². The van der Waals surface area contributed by atoms with E-state index in [-0.39, 0.29) is 18.1 Å². The number of hydrogen-bond donors (Lipinski definition) is 1. The maximum absolute atomic E-state index is 11.4. The SMILES string of the molecule is COc1nc(-c2cccc(-c3cccc(-c4cc5c(c(OC)n4)[C@@H](N4CC(C(=O)O)C4)CC5)c3Cl)c2Cl)cnc1CN1CC(OC)C1. The highest BCUT2D eigenvalue weighted by Crippen LogP contribution is 2.47. The van der Waals surface area contributed by atoms with Crippen molar-refractivity contribution in [2.24, 2.45) is 5.92 Å². The van der Waals surface area contributed by atoms with Crippen LogP contribution in [0.3, 0.4) is 0 Å². The minimum Gasteiger partial charge on any atom is -0.481 e. The Balaban J connectivity index is 1.18. The predicted molar refractivity (Wildman–Crippen MR) is 179 cm³/mol. The Kier molecular flexibility index (Phi) is 8.80. The molecule has 0 saturated carbocycles. The second-order valence-electron chi connectivity index (χ2n) is 12.2. The van der Waals surface area contributed by atoms with Gasteiger partial charge in [0.2, 0.25) is 11.8 Å². The lowest BCUT2D eigenvalue weighted by molar-refractivity contribution is -0.148. The molecule has 12 heteroatoms. The standard InChI is InChI=1S/C35H35Cl2N5O5/c1-45-21-16-41(17-21)18-28-33(46-2)40-27(13-38-28)25-9-5-7-23(32(25)37)22-6-4-8-24(31(22)36)26-12-19-10-11-29(30(19)34(39-26)47-3)42-14-20(15-42)35(43)44/h4-9,12-13,20-21,29H,10-11,14-18H2,1-3H3,(H,43,44)/t29-/m0/s1. The van der Waals surface area contributed by atoms with Crippen LogP contribution < -0.4 is 9.47 Å². The minimum absolute atomic E-state index is 0.0926. The number of rotatable bonds is 10. The predicted octanol–water partition coefficient (Wildman–Crippen LogP) is 6.03. The number of nitrogens with zero attached hydrogens (tertiary/aromatic N) is 5. The topological polar surface area (TPSA) is 110 Å². The molecule has 0 unspecified atom stereocenters. The number of hydrogen-bond acceptors (Lipinski definition) is 9. The molecule has 2 saturated heterocycles. The summed E-state index contributed by atoms with van der Waals surface area (Å²) in [6.45, 7) is 3.39. The highest BCUT2D eigenvalue weighted by atomic mass is 35.5. The Hall–Kier alpha value is -3.80. The zero-order chi connectivity index (χ0) is 32.8. The maximum Gasteiger partial charge on any atom is 0.309 e. The number of aromatic nitrogens is 3. The van der Waals surface area contributed by atoms with Crippen molar-refractivity contribution in [2.75, 3.05) is 47.5 Å². The van der Waals surface area contributed by atoms with Gasteiger partial charge in [0.05, 0.1) is 53.9 Å². The van der Waals surface area contributed by atoms with Gasteiger partial charge in [0.25, 0.3) is 0 Å². The van der Waals surface area contributed by atoms with E-state index >= 15 is 0 Å². The second-order valence-corrected chi connectivity index (χ2v) is 13.0. The van der Waals surface area contributed by atoms with Crippen molar-refractivity contribution in [3.63, 3.8) is 0 Å². The first-order valence-corrected chi connectivity index (χ1v) is 16.3. The quantitative estimate of drug-likeness (QED) is 0.214. The molecule has 3 aliphatic rings. The molecule has 1 aliphatic carbocycles. The number of methoxy groups -OCH3 is 3. The smallest absolute Gasteiger partial charge is 0.309 e. The number of carboxylic acid groups (broad SMARTS) is 1. The van der Waals surface area contributed by atoms with Crippen molar-refractivity contribution in [3.05, 3.63) is 75.5 Å². The van der Waals surface area contributed by atoms with Gasteiger partial charge in [-0.2, -0.15) is 0 Å². The lowest BCUT2D eigenvalue weighted by Gasteiger charge is -2.41. The van der Waals surface area contributed by atoms with Crippen LogP contribution in [0.1, 0.15) is 29.3 Å². The molecule has 4 heterocycles. The molecule has 0 bridgehead atoms. The van der Waals surface area contributed by atoms with Gasteiger partial charge in [-0.15, -0.1) is 0 Å². The van der Waals surface area contributed by atoms with Crippen molar-refractivity contribution < 1.29 is 24.1 Å². The van der Waals surface area contributed by atoms with Gasteiger partial charge in [0.1, 0.15) is 5.69 Å². The zero-order valence-electron chi connectivity index (χ0n) is 26.4. The molecule has 0 radical (unpaired) electrons. The van der Waals surface area contributed by atoms with Crippen LogP contribution in [0, 0.1) is 5.92 Å². The van der Waals surface area contributed by atoms with Crippen LogP contribution in [0.15, 0.2) is 48.7 Å². The number of aliphatic carboxylic acids is 1. The third-order valence-electron chi connectivity index (χ3n) is 9.50. The van der Waals surface area contributed by atoms with E-state index in [0.717, 1.165) is 59.4 Å². The number of benzene rings is 2. The molecule has 10 nitrogen and oxygen atoms in total. The summed E-state index contributed by atoms with van der Waals surface area (Å²) in [5.41, 5.74) is 7.23. The van der Waals surface area contributed by atoms with Crippen LogP contribution in [-0.2, 0) is 22.5 Å². The van der Waals surface area contributed by atoms with E-state index in [0.29, 0.717) is 58.4 Å². The van der Waals surface area contributed by atoms with E-state index in [1.165, 1.54) is 0 Å². The Morgan fingerprint density at radius 2 is 1.51 bits per heavy atom. The zero-order valence-corrected chi connectivity index (χ0v) is 27.9. The first kappa shape index (κ1) is 31.8. The summed E-state index contributed by atoms with van der Waals surface area (Å²) < 4.78 is 16.8. The summed E-state index contributed by atoms with van der Waals surface area (Å²) in [5.74, 6) is -0.0645. The van der Waals surface area contributed by atoms with Gasteiger partial charge in [-0.3, -0.25) is 19.6 Å². The van der Waals surface area contributed by atoms with Crippen molar-refractivity contribution in [3.8, 4) is 45.4 Å². The van der Waals surface area contributed by atoms with Crippen LogP contribution in [0.25, 0.3) is 33.6 Å². The molecule has 2 aromatic heterocycles. The highest BCUT2D eigenvalue weighted by Gasteiger charge is 2.41. The molecule has 2 aliphatic heterocycles. The van der Waals surface area contributed by atoms with Crippen molar-refractivity contribution >= 4 is 29.2 Å². The second kappa shape index (κ2) is 13.0. The molecule has 0 amide bonds.